The van der Waals surface area contributed by atoms with Gasteiger partial charge in [-0.3, -0.25) is 4.79 Å². The van der Waals surface area contributed by atoms with E-state index in [1.165, 1.54) is 30.2 Å². The molecule has 0 aliphatic carbocycles. The number of amides is 1. The van der Waals surface area contributed by atoms with Crippen molar-refractivity contribution in [2.24, 2.45) is 0 Å². The molecule has 0 fully saturated rings. The van der Waals surface area contributed by atoms with Crippen molar-refractivity contribution in [1.29, 1.82) is 0 Å². The first-order valence-corrected chi connectivity index (χ1v) is 6.23. The van der Waals surface area contributed by atoms with Crippen molar-refractivity contribution >= 4 is 21.8 Å². The van der Waals surface area contributed by atoms with Gasteiger partial charge in [0.25, 0.3) is 5.91 Å². The Morgan fingerprint density at radius 2 is 2.22 bits per heavy atom. The molecule has 0 bridgehead atoms. The molecule has 0 aliphatic heterocycles. The molecule has 6 heteroatoms. The molecule has 0 unspecified atom stereocenters. The Hall–Kier alpha value is -0.980. The number of rotatable bonds is 6. The van der Waals surface area contributed by atoms with Crippen LogP contribution in [0.3, 0.4) is 0 Å². The third-order valence-corrected chi connectivity index (χ3v) is 3.03. The lowest BCUT2D eigenvalue weighted by atomic mass is 10.2. The number of halogens is 2. The molecule has 0 aromatic heterocycles. The molecule has 0 spiro atoms. The Labute approximate surface area is 113 Å². The van der Waals surface area contributed by atoms with E-state index >= 15 is 0 Å². The van der Waals surface area contributed by atoms with Crippen LogP contribution in [-0.4, -0.2) is 49.3 Å². The minimum atomic E-state index is -0.489. The van der Waals surface area contributed by atoms with Gasteiger partial charge in [-0.05, 0) is 34.1 Å². The van der Waals surface area contributed by atoms with Gasteiger partial charge in [0.15, 0.2) is 0 Å². The summed E-state index contributed by atoms with van der Waals surface area (Å²) in [6.07, 6.45) is 0. The fraction of sp³-hybridized carbons (Fsp3) is 0.417. The monoisotopic (exact) mass is 319 g/mol. The van der Waals surface area contributed by atoms with E-state index in [4.69, 9.17) is 9.84 Å². The second kappa shape index (κ2) is 7.45. The number of aliphatic hydroxyl groups excluding tert-OH is 1. The average Bonchev–Trinajstić information content (AvgIpc) is 2.37. The Morgan fingerprint density at radius 1 is 1.50 bits per heavy atom. The van der Waals surface area contributed by atoms with Crippen molar-refractivity contribution in [2.45, 2.75) is 0 Å². The largest absolute Gasteiger partial charge is 0.395 e. The van der Waals surface area contributed by atoms with Crippen molar-refractivity contribution in [1.82, 2.24) is 4.90 Å². The quantitative estimate of drug-likeness (QED) is 0.867. The number of nitrogens with zero attached hydrogens (tertiary/aromatic N) is 1. The fourth-order valence-electron chi connectivity index (χ4n) is 1.45. The Kier molecular flexibility index (Phi) is 6.24. The number of methoxy groups -OCH3 is 1. The summed E-state index contributed by atoms with van der Waals surface area (Å²) in [4.78, 5) is 13.5. The van der Waals surface area contributed by atoms with E-state index in [0.717, 1.165) is 0 Å². The van der Waals surface area contributed by atoms with E-state index in [9.17, 15) is 9.18 Å². The second-order valence-corrected chi connectivity index (χ2v) is 4.49. The van der Waals surface area contributed by atoms with Crippen LogP contribution in [0, 0.1) is 5.82 Å². The molecule has 4 nitrogen and oxygen atoms in total. The van der Waals surface area contributed by atoms with E-state index in [1.54, 1.807) is 0 Å². The molecule has 1 aromatic carbocycles. The van der Waals surface area contributed by atoms with Crippen LogP contribution in [0.25, 0.3) is 0 Å². The van der Waals surface area contributed by atoms with Crippen LogP contribution in [0.1, 0.15) is 10.4 Å². The van der Waals surface area contributed by atoms with Gasteiger partial charge in [0.1, 0.15) is 5.82 Å². The maximum atomic E-state index is 13.3. The van der Waals surface area contributed by atoms with Crippen molar-refractivity contribution in [3.05, 3.63) is 34.1 Å². The van der Waals surface area contributed by atoms with Crippen LogP contribution < -0.4 is 0 Å². The summed E-state index contributed by atoms with van der Waals surface area (Å²) in [6, 6.07) is 4.19. The zero-order valence-electron chi connectivity index (χ0n) is 10.0. The highest BCUT2D eigenvalue weighted by atomic mass is 79.9. The lowest BCUT2D eigenvalue weighted by Crippen LogP contribution is -2.36. The van der Waals surface area contributed by atoms with Gasteiger partial charge in [-0.1, -0.05) is 0 Å². The third-order valence-electron chi connectivity index (χ3n) is 2.39. The fourth-order valence-corrected chi connectivity index (χ4v) is 1.70. The zero-order valence-corrected chi connectivity index (χ0v) is 11.6. The molecule has 0 saturated carbocycles. The number of ether oxygens (including phenoxy) is 1. The van der Waals surface area contributed by atoms with Crippen LogP contribution >= 0.6 is 15.9 Å². The summed E-state index contributed by atoms with van der Waals surface area (Å²) in [5, 5.41) is 8.91. The number of aliphatic hydroxyl groups is 1. The van der Waals surface area contributed by atoms with E-state index in [0.29, 0.717) is 17.6 Å². The van der Waals surface area contributed by atoms with Gasteiger partial charge in [-0.15, -0.1) is 0 Å². The molecule has 0 radical (unpaired) electrons. The summed E-state index contributed by atoms with van der Waals surface area (Å²) in [5.74, 6) is -0.816. The molecule has 0 atom stereocenters. The summed E-state index contributed by atoms with van der Waals surface area (Å²) in [5.41, 5.74) is 0.250. The van der Waals surface area contributed by atoms with Gasteiger partial charge in [0, 0.05) is 25.8 Å². The van der Waals surface area contributed by atoms with E-state index in [2.05, 4.69) is 15.9 Å². The number of hydrogen-bond donors (Lipinski definition) is 1. The standard InChI is InChI=1S/C12H15BrFNO3/c1-18-7-5-15(4-6-16)12(17)9-2-3-10(13)11(14)8-9/h2-3,8,16H,4-7H2,1H3. The number of carbonyl (C=O) groups is 1. The van der Waals surface area contributed by atoms with Crippen LogP contribution in [-0.2, 0) is 4.74 Å². The average molecular weight is 320 g/mol. The molecular weight excluding hydrogens is 305 g/mol. The predicted octanol–water partition coefficient (Wildman–Crippen LogP) is 1.67. The van der Waals surface area contributed by atoms with Crippen LogP contribution in [0.5, 0.6) is 0 Å². The van der Waals surface area contributed by atoms with Crippen molar-refractivity contribution in [2.75, 3.05) is 33.4 Å². The predicted molar refractivity (Wildman–Crippen MR) is 69.0 cm³/mol. The van der Waals surface area contributed by atoms with Gasteiger partial charge in [-0.25, -0.2) is 4.39 Å². The van der Waals surface area contributed by atoms with E-state index in [-0.39, 0.29) is 24.6 Å². The first-order valence-electron chi connectivity index (χ1n) is 5.44. The maximum Gasteiger partial charge on any atom is 0.254 e. The molecule has 1 amide bonds. The minimum absolute atomic E-state index is 0.144. The molecule has 0 saturated heterocycles. The zero-order chi connectivity index (χ0) is 13.5. The molecule has 0 heterocycles. The normalized spacial score (nSPS) is 10.4. The van der Waals surface area contributed by atoms with Crippen molar-refractivity contribution in [3.63, 3.8) is 0 Å². The Balaban J connectivity index is 2.83. The van der Waals surface area contributed by atoms with Crippen molar-refractivity contribution < 1.29 is 19.0 Å². The topological polar surface area (TPSA) is 49.8 Å². The van der Waals surface area contributed by atoms with Crippen LogP contribution in [0.2, 0.25) is 0 Å². The van der Waals surface area contributed by atoms with Gasteiger partial charge >= 0.3 is 0 Å². The van der Waals surface area contributed by atoms with Crippen LogP contribution in [0.15, 0.2) is 22.7 Å². The van der Waals surface area contributed by atoms with Gasteiger partial charge in [0.2, 0.25) is 0 Å². The van der Waals surface area contributed by atoms with E-state index < -0.39 is 5.82 Å². The highest BCUT2D eigenvalue weighted by Crippen LogP contribution is 2.17. The summed E-state index contributed by atoms with van der Waals surface area (Å²) in [6.45, 7) is 0.771. The lowest BCUT2D eigenvalue weighted by Gasteiger charge is -2.21. The Morgan fingerprint density at radius 3 is 2.78 bits per heavy atom. The first-order chi connectivity index (χ1) is 8.60. The highest BCUT2D eigenvalue weighted by Gasteiger charge is 2.16. The number of carbonyl (C=O) groups excluding carboxylic acids is 1. The second-order valence-electron chi connectivity index (χ2n) is 3.64. The summed E-state index contributed by atoms with van der Waals surface area (Å²) < 4.78 is 18.5. The van der Waals surface area contributed by atoms with Crippen molar-refractivity contribution in [3.8, 4) is 0 Å². The van der Waals surface area contributed by atoms with Gasteiger partial charge < -0.3 is 14.7 Å². The molecule has 100 valence electrons. The lowest BCUT2D eigenvalue weighted by molar-refractivity contribution is 0.0656. The molecule has 1 rings (SSSR count). The summed E-state index contributed by atoms with van der Waals surface area (Å²) in [7, 11) is 1.53. The molecule has 1 N–H and O–H groups in total. The van der Waals surface area contributed by atoms with Gasteiger partial charge in [-0.2, -0.15) is 0 Å². The molecule has 18 heavy (non-hydrogen) atoms. The summed E-state index contributed by atoms with van der Waals surface area (Å²) >= 11 is 3.03. The maximum absolute atomic E-state index is 13.3. The number of hydrogen-bond acceptors (Lipinski definition) is 3. The highest BCUT2D eigenvalue weighted by molar-refractivity contribution is 9.10. The smallest absolute Gasteiger partial charge is 0.254 e. The molecule has 0 aliphatic rings. The molecular formula is C12H15BrFNO3. The SMILES string of the molecule is COCCN(CCO)C(=O)c1ccc(Br)c(F)c1. The van der Waals surface area contributed by atoms with E-state index in [1.807, 2.05) is 0 Å². The van der Waals surface area contributed by atoms with Gasteiger partial charge in [0.05, 0.1) is 17.7 Å². The van der Waals surface area contributed by atoms with Crippen LogP contribution in [0.4, 0.5) is 4.39 Å². The number of benzene rings is 1. The molecule has 1 aromatic rings. The third kappa shape index (κ3) is 4.04. The minimum Gasteiger partial charge on any atom is -0.395 e. The Bertz CT molecular complexity index is 414. The first kappa shape index (κ1) is 15.1.